The minimum absolute atomic E-state index is 0.0952. The largest absolute Gasteiger partial charge is 0.426 e. The number of benzene rings is 3. The van der Waals surface area contributed by atoms with Crippen LogP contribution in [0.2, 0.25) is 0 Å². The lowest BCUT2D eigenvalue weighted by Gasteiger charge is -2.07. The molecule has 0 saturated carbocycles. The Bertz CT molecular complexity index is 1250. The van der Waals surface area contributed by atoms with Crippen molar-refractivity contribution in [3.63, 3.8) is 0 Å². The van der Waals surface area contributed by atoms with Crippen molar-refractivity contribution in [2.45, 2.75) is 6.42 Å². The number of aromatic amines is 1. The number of hydrogen-bond donors (Lipinski definition) is 1. The standard InChI is InChI=1S/C23H16N2O4/c26-21(14-20-18-8-4-5-9-19(18)23(28)25-24-20)29-17-12-10-16(11-13-17)22(27)15-6-2-1-3-7-15/h1-13H,14H2,(H,25,28). The third kappa shape index (κ3) is 3.96. The number of H-pyrrole nitrogens is 1. The number of esters is 1. The number of carbonyl (C=O) groups excluding carboxylic acids is 2. The monoisotopic (exact) mass is 384 g/mol. The van der Waals surface area contributed by atoms with E-state index in [4.69, 9.17) is 4.74 Å². The summed E-state index contributed by atoms with van der Waals surface area (Å²) in [5.41, 5.74) is 1.22. The van der Waals surface area contributed by atoms with Crippen molar-refractivity contribution in [3.05, 3.63) is 106 Å². The lowest BCUT2D eigenvalue weighted by Crippen LogP contribution is -2.16. The van der Waals surface area contributed by atoms with Crippen LogP contribution in [-0.4, -0.2) is 21.9 Å². The molecule has 0 aliphatic carbocycles. The van der Waals surface area contributed by atoms with E-state index in [2.05, 4.69) is 10.2 Å². The summed E-state index contributed by atoms with van der Waals surface area (Å²) in [6.45, 7) is 0. The molecule has 0 saturated heterocycles. The molecule has 4 rings (SSSR count). The highest BCUT2D eigenvalue weighted by atomic mass is 16.5. The maximum atomic E-state index is 12.4. The SMILES string of the molecule is O=C(Cc1n[nH]c(=O)c2ccccc12)Oc1ccc(C(=O)c2ccccc2)cc1. The van der Waals surface area contributed by atoms with Gasteiger partial charge in [-0.3, -0.25) is 14.4 Å². The molecule has 0 bridgehead atoms. The molecule has 4 aromatic rings. The average molecular weight is 384 g/mol. The molecule has 0 spiro atoms. The summed E-state index contributed by atoms with van der Waals surface area (Å²) in [7, 11) is 0. The molecule has 6 heteroatoms. The van der Waals surface area contributed by atoms with Gasteiger partial charge in [0.05, 0.1) is 17.5 Å². The smallest absolute Gasteiger partial charge is 0.317 e. The molecule has 0 aliphatic rings. The molecule has 0 amide bonds. The zero-order chi connectivity index (χ0) is 20.2. The maximum Gasteiger partial charge on any atom is 0.317 e. The Kier molecular flexibility index (Phi) is 4.99. The number of ketones is 1. The van der Waals surface area contributed by atoms with E-state index >= 15 is 0 Å². The Hall–Kier alpha value is -4.06. The lowest BCUT2D eigenvalue weighted by molar-refractivity contribution is -0.133. The first-order valence-corrected chi connectivity index (χ1v) is 8.98. The average Bonchev–Trinajstić information content (AvgIpc) is 2.76. The fraction of sp³-hybridized carbons (Fsp3) is 0.0435. The van der Waals surface area contributed by atoms with Crippen molar-refractivity contribution in [2.24, 2.45) is 0 Å². The van der Waals surface area contributed by atoms with Crippen molar-refractivity contribution < 1.29 is 14.3 Å². The minimum Gasteiger partial charge on any atom is -0.426 e. The molecule has 1 aromatic heterocycles. The molecule has 1 heterocycles. The molecule has 0 radical (unpaired) electrons. The van der Waals surface area contributed by atoms with Crippen LogP contribution in [0.3, 0.4) is 0 Å². The van der Waals surface area contributed by atoms with Crippen LogP contribution in [0.15, 0.2) is 83.7 Å². The summed E-state index contributed by atoms with van der Waals surface area (Å²) in [6, 6.07) is 22.3. The molecule has 3 aromatic carbocycles. The van der Waals surface area contributed by atoms with Gasteiger partial charge in [-0.1, -0.05) is 48.5 Å². The van der Waals surface area contributed by atoms with Crippen molar-refractivity contribution >= 4 is 22.5 Å². The van der Waals surface area contributed by atoms with Crippen LogP contribution in [0, 0.1) is 0 Å². The first-order valence-electron chi connectivity index (χ1n) is 8.98. The second-order valence-electron chi connectivity index (χ2n) is 6.42. The molecule has 0 fully saturated rings. The van der Waals surface area contributed by atoms with E-state index in [9.17, 15) is 14.4 Å². The van der Waals surface area contributed by atoms with Gasteiger partial charge in [0.1, 0.15) is 5.75 Å². The van der Waals surface area contributed by atoms with Gasteiger partial charge in [-0.15, -0.1) is 0 Å². The van der Waals surface area contributed by atoms with Gasteiger partial charge < -0.3 is 4.74 Å². The summed E-state index contributed by atoms with van der Waals surface area (Å²) >= 11 is 0. The number of carbonyl (C=O) groups is 2. The number of nitrogens with one attached hydrogen (secondary N) is 1. The Balaban J connectivity index is 1.48. The van der Waals surface area contributed by atoms with Crippen LogP contribution in [-0.2, 0) is 11.2 Å². The highest BCUT2D eigenvalue weighted by Crippen LogP contribution is 2.17. The quantitative estimate of drug-likeness (QED) is 0.324. The van der Waals surface area contributed by atoms with Crippen LogP contribution in [0.4, 0.5) is 0 Å². The second-order valence-corrected chi connectivity index (χ2v) is 6.42. The molecule has 1 N–H and O–H groups in total. The topological polar surface area (TPSA) is 89.1 Å². The van der Waals surface area contributed by atoms with Crippen molar-refractivity contribution in [1.29, 1.82) is 0 Å². The molecule has 0 atom stereocenters. The number of nitrogens with zero attached hydrogens (tertiary/aromatic N) is 1. The normalized spacial score (nSPS) is 10.6. The predicted octanol–water partition coefficient (Wildman–Crippen LogP) is 3.30. The summed E-state index contributed by atoms with van der Waals surface area (Å²) in [4.78, 5) is 36.6. The van der Waals surface area contributed by atoms with Gasteiger partial charge >= 0.3 is 5.97 Å². The highest BCUT2D eigenvalue weighted by Gasteiger charge is 2.13. The Morgan fingerprint density at radius 2 is 1.41 bits per heavy atom. The fourth-order valence-corrected chi connectivity index (χ4v) is 3.04. The highest BCUT2D eigenvalue weighted by molar-refractivity contribution is 6.09. The lowest BCUT2D eigenvalue weighted by atomic mass is 10.0. The van der Waals surface area contributed by atoms with E-state index in [0.717, 1.165) is 0 Å². The summed E-state index contributed by atoms with van der Waals surface area (Å²) in [5.74, 6) is -0.294. The van der Waals surface area contributed by atoms with Crippen LogP contribution in [0.1, 0.15) is 21.6 Å². The number of aromatic nitrogens is 2. The van der Waals surface area contributed by atoms with Gasteiger partial charge in [-0.2, -0.15) is 5.10 Å². The Labute approximate surface area is 165 Å². The van der Waals surface area contributed by atoms with E-state index < -0.39 is 5.97 Å². The molecule has 6 nitrogen and oxygen atoms in total. The van der Waals surface area contributed by atoms with Crippen LogP contribution in [0.5, 0.6) is 5.75 Å². The number of fused-ring (bicyclic) bond motifs is 1. The number of rotatable bonds is 5. The molecule has 0 unspecified atom stereocenters. The van der Waals surface area contributed by atoms with Crippen LogP contribution in [0.25, 0.3) is 10.8 Å². The van der Waals surface area contributed by atoms with Crippen LogP contribution >= 0.6 is 0 Å². The zero-order valence-corrected chi connectivity index (χ0v) is 15.3. The van der Waals surface area contributed by atoms with Crippen LogP contribution < -0.4 is 10.3 Å². The minimum atomic E-state index is -0.517. The fourth-order valence-electron chi connectivity index (χ4n) is 3.04. The maximum absolute atomic E-state index is 12.4. The Morgan fingerprint density at radius 1 is 0.793 bits per heavy atom. The van der Waals surface area contributed by atoms with Crippen molar-refractivity contribution in [3.8, 4) is 5.75 Å². The zero-order valence-electron chi connectivity index (χ0n) is 15.3. The molecular formula is C23H16N2O4. The molecule has 142 valence electrons. The summed E-state index contributed by atoms with van der Waals surface area (Å²) < 4.78 is 5.36. The second kappa shape index (κ2) is 7.90. The van der Waals surface area contributed by atoms with Crippen molar-refractivity contribution in [1.82, 2.24) is 10.2 Å². The molecule has 0 aliphatic heterocycles. The Morgan fingerprint density at radius 3 is 2.14 bits per heavy atom. The van der Waals surface area contributed by atoms with Gasteiger partial charge in [0.2, 0.25) is 0 Å². The van der Waals surface area contributed by atoms with Gasteiger partial charge in [0.25, 0.3) is 5.56 Å². The number of hydrogen-bond acceptors (Lipinski definition) is 5. The first-order chi connectivity index (χ1) is 14.1. The number of ether oxygens (including phenoxy) is 1. The van der Waals surface area contributed by atoms with E-state index in [0.29, 0.717) is 33.3 Å². The van der Waals surface area contributed by atoms with Gasteiger partial charge in [0.15, 0.2) is 5.78 Å². The van der Waals surface area contributed by atoms with Gasteiger partial charge in [-0.05, 0) is 30.3 Å². The van der Waals surface area contributed by atoms with Crippen molar-refractivity contribution in [2.75, 3.05) is 0 Å². The first kappa shape index (κ1) is 18.3. The van der Waals surface area contributed by atoms with E-state index in [1.54, 1.807) is 72.8 Å². The molecule has 29 heavy (non-hydrogen) atoms. The van der Waals surface area contributed by atoms with E-state index in [1.807, 2.05) is 6.07 Å². The summed E-state index contributed by atoms with van der Waals surface area (Å²) in [6.07, 6.45) is -0.0952. The summed E-state index contributed by atoms with van der Waals surface area (Å²) in [5, 5.41) is 7.45. The van der Waals surface area contributed by atoms with Gasteiger partial charge in [-0.25, -0.2) is 5.10 Å². The van der Waals surface area contributed by atoms with E-state index in [1.165, 1.54) is 0 Å². The van der Waals surface area contributed by atoms with E-state index in [-0.39, 0.29) is 17.8 Å². The third-order valence-corrected chi connectivity index (χ3v) is 4.47. The third-order valence-electron chi connectivity index (χ3n) is 4.47. The predicted molar refractivity (Wildman–Crippen MR) is 108 cm³/mol. The molecular weight excluding hydrogens is 368 g/mol. The van der Waals surface area contributed by atoms with Gasteiger partial charge in [0, 0.05) is 16.5 Å².